The summed E-state index contributed by atoms with van der Waals surface area (Å²) in [6, 6.07) is 6.82. The van der Waals surface area contributed by atoms with Gasteiger partial charge in [-0.2, -0.15) is 13.2 Å². The summed E-state index contributed by atoms with van der Waals surface area (Å²) in [6.07, 6.45) is 0.247. The number of carbonyl (C=O) groups excluding carboxylic acids is 1. The van der Waals surface area contributed by atoms with Crippen LogP contribution >= 0.6 is 11.8 Å². The number of rotatable bonds is 4. The fraction of sp³-hybridized carbons (Fsp3) is 0.611. The van der Waals surface area contributed by atoms with E-state index in [0.717, 1.165) is 25.9 Å². The van der Waals surface area contributed by atoms with Crippen LogP contribution < -0.4 is 5.32 Å². The number of nitrogens with one attached hydrogen (secondary N) is 1. The fourth-order valence-electron chi connectivity index (χ4n) is 3.59. The second-order valence-corrected chi connectivity index (χ2v) is 7.83. The Labute approximate surface area is 156 Å². The van der Waals surface area contributed by atoms with Crippen molar-refractivity contribution in [3.63, 3.8) is 0 Å². The summed E-state index contributed by atoms with van der Waals surface area (Å²) in [4.78, 5) is 17.3. The normalized spacial score (nSPS) is 21.8. The molecule has 0 saturated carbocycles. The molecule has 3 rings (SSSR count). The van der Waals surface area contributed by atoms with Gasteiger partial charge in [-0.25, -0.2) is 4.79 Å². The summed E-state index contributed by atoms with van der Waals surface area (Å²) < 4.78 is 37.5. The van der Waals surface area contributed by atoms with Crippen molar-refractivity contribution in [3.05, 3.63) is 24.3 Å². The van der Waals surface area contributed by atoms with E-state index in [1.165, 1.54) is 12.8 Å². The van der Waals surface area contributed by atoms with Crippen molar-refractivity contribution in [2.24, 2.45) is 0 Å². The average molecular weight is 387 g/mol. The van der Waals surface area contributed by atoms with Crippen molar-refractivity contribution >= 4 is 23.5 Å². The van der Waals surface area contributed by atoms with E-state index in [-0.39, 0.29) is 6.03 Å². The van der Waals surface area contributed by atoms with Crippen molar-refractivity contribution < 1.29 is 18.0 Å². The van der Waals surface area contributed by atoms with E-state index in [0.29, 0.717) is 41.5 Å². The predicted octanol–water partition coefficient (Wildman–Crippen LogP) is 4.43. The van der Waals surface area contributed by atoms with E-state index in [2.05, 4.69) is 10.2 Å². The number of benzene rings is 1. The third-order valence-electron chi connectivity index (χ3n) is 4.86. The molecule has 2 amide bonds. The molecule has 8 heteroatoms. The van der Waals surface area contributed by atoms with Gasteiger partial charge in [-0.15, -0.1) is 11.8 Å². The van der Waals surface area contributed by atoms with E-state index in [4.69, 9.17) is 0 Å². The smallest absolute Gasteiger partial charge is 0.323 e. The minimum atomic E-state index is -4.24. The summed E-state index contributed by atoms with van der Waals surface area (Å²) >= 11 is 0.697. The summed E-state index contributed by atoms with van der Waals surface area (Å²) in [5.41, 5.74) is 0.440. The van der Waals surface area contributed by atoms with E-state index in [1.807, 2.05) is 0 Å². The van der Waals surface area contributed by atoms with E-state index >= 15 is 0 Å². The van der Waals surface area contributed by atoms with Gasteiger partial charge in [0, 0.05) is 24.0 Å². The van der Waals surface area contributed by atoms with Gasteiger partial charge in [-0.1, -0.05) is 12.1 Å². The molecule has 2 aliphatic heterocycles. The molecule has 1 aromatic rings. The highest BCUT2D eigenvalue weighted by Crippen LogP contribution is 2.32. The zero-order chi connectivity index (χ0) is 18.6. The Morgan fingerprint density at radius 1 is 1.15 bits per heavy atom. The number of thioether (sulfide) groups is 1. The fourth-order valence-corrected chi connectivity index (χ4v) is 4.36. The van der Waals surface area contributed by atoms with Crippen LogP contribution in [0.5, 0.6) is 0 Å². The van der Waals surface area contributed by atoms with Crippen LogP contribution in [0.4, 0.5) is 23.7 Å². The Balaban J connectivity index is 1.60. The summed E-state index contributed by atoms with van der Waals surface area (Å²) in [7, 11) is 0. The Morgan fingerprint density at radius 2 is 1.88 bits per heavy atom. The van der Waals surface area contributed by atoms with Gasteiger partial charge in [0.1, 0.15) is 0 Å². The number of nitrogens with zero attached hydrogens (tertiary/aromatic N) is 2. The lowest BCUT2D eigenvalue weighted by Gasteiger charge is -2.37. The maximum atomic E-state index is 12.6. The first kappa shape index (κ1) is 19.4. The highest BCUT2D eigenvalue weighted by atomic mass is 32.2. The van der Waals surface area contributed by atoms with Crippen molar-refractivity contribution in [2.45, 2.75) is 42.8 Å². The molecule has 4 nitrogen and oxygen atoms in total. The van der Waals surface area contributed by atoms with E-state index < -0.39 is 11.9 Å². The Hall–Kier alpha value is -1.41. The van der Waals surface area contributed by atoms with Crippen molar-refractivity contribution in [3.8, 4) is 0 Å². The van der Waals surface area contributed by atoms with Gasteiger partial charge < -0.3 is 10.2 Å². The molecule has 0 unspecified atom stereocenters. The number of hydrogen-bond acceptors (Lipinski definition) is 3. The largest absolute Gasteiger partial charge is 0.398 e. The van der Waals surface area contributed by atoms with Gasteiger partial charge >= 0.3 is 12.2 Å². The molecule has 0 spiro atoms. The Bertz CT molecular complexity index is 620. The summed E-state index contributed by atoms with van der Waals surface area (Å²) in [5, 5.41) is 2.81. The molecule has 1 atom stereocenters. The number of para-hydroxylation sites is 1. The molecule has 0 bridgehead atoms. The molecule has 2 saturated heterocycles. The van der Waals surface area contributed by atoms with E-state index in [1.54, 1.807) is 29.2 Å². The summed E-state index contributed by atoms with van der Waals surface area (Å²) in [5.74, 6) is -0.972. The van der Waals surface area contributed by atoms with Crippen molar-refractivity contribution in [2.75, 3.05) is 37.2 Å². The monoisotopic (exact) mass is 387 g/mol. The number of piperidine rings is 1. The number of alkyl halides is 3. The minimum absolute atomic E-state index is 0.228. The number of amides is 2. The Morgan fingerprint density at radius 3 is 2.62 bits per heavy atom. The van der Waals surface area contributed by atoms with E-state index in [9.17, 15) is 18.0 Å². The lowest BCUT2D eigenvalue weighted by Crippen LogP contribution is -2.50. The van der Waals surface area contributed by atoms with Gasteiger partial charge in [0.15, 0.2) is 0 Å². The third kappa shape index (κ3) is 5.30. The van der Waals surface area contributed by atoms with Gasteiger partial charge in [-0.3, -0.25) is 4.90 Å². The molecular weight excluding hydrogens is 363 g/mol. The van der Waals surface area contributed by atoms with Crippen LogP contribution in [0.2, 0.25) is 0 Å². The highest BCUT2D eigenvalue weighted by Gasteiger charge is 2.30. The molecule has 1 N–H and O–H groups in total. The number of hydrogen-bond donors (Lipinski definition) is 1. The van der Waals surface area contributed by atoms with Crippen molar-refractivity contribution in [1.82, 2.24) is 9.80 Å². The van der Waals surface area contributed by atoms with Crippen LogP contribution in [0.3, 0.4) is 0 Å². The molecular formula is C18H24F3N3OS. The number of urea groups is 1. The second kappa shape index (κ2) is 8.52. The number of anilines is 1. The third-order valence-corrected chi connectivity index (χ3v) is 6.00. The topological polar surface area (TPSA) is 35.6 Å². The number of halogens is 3. The molecule has 1 aromatic carbocycles. The minimum Gasteiger partial charge on any atom is -0.323 e. The zero-order valence-electron chi connectivity index (χ0n) is 14.6. The van der Waals surface area contributed by atoms with Gasteiger partial charge in [0.25, 0.3) is 0 Å². The second-order valence-electron chi connectivity index (χ2n) is 6.82. The molecule has 2 heterocycles. The van der Waals surface area contributed by atoms with Crippen LogP contribution in [-0.2, 0) is 0 Å². The number of likely N-dealkylation sites (tertiary alicyclic amines) is 2. The lowest BCUT2D eigenvalue weighted by atomic mass is 10.0. The van der Waals surface area contributed by atoms with Gasteiger partial charge in [0.05, 0.1) is 11.4 Å². The maximum absolute atomic E-state index is 12.6. The molecule has 0 radical (unpaired) electrons. The average Bonchev–Trinajstić information content (AvgIpc) is 3.15. The first-order valence-corrected chi connectivity index (χ1v) is 9.99. The molecule has 0 aliphatic carbocycles. The quantitative estimate of drug-likeness (QED) is 0.776. The van der Waals surface area contributed by atoms with Gasteiger partial charge in [-0.05, 0) is 50.9 Å². The maximum Gasteiger partial charge on any atom is 0.398 e. The predicted molar refractivity (Wildman–Crippen MR) is 97.6 cm³/mol. The van der Waals surface area contributed by atoms with Crippen LogP contribution in [0.15, 0.2) is 29.2 Å². The van der Waals surface area contributed by atoms with Crippen LogP contribution in [0.25, 0.3) is 0 Å². The van der Waals surface area contributed by atoms with Crippen LogP contribution in [-0.4, -0.2) is 60.0 Å². The van der Waals surface area contributed by atoms with Crippen molar-refractivity contribution in [1.29, 1.82) is 0 Å². The number of carbonyl (C=O) groups is 1. The van der Waals surface area contributed by atoms with Gasteiger partial charge in [0.2, 0.25) is 0 Å². The highest BCUT2D eigenvalue weighted by molar-refractivity contribution is 7.99. The standard InChI is InChI=1S/C18H24F3N3OS/c19-18(20,21)13-26-16-8-2-1-7-15(16)22-17(25)24-11-5-6-14(12-24)23-9-3-4-10-23/h1-2,7-8,14H,3-6,9-13H2,(H,22,25)/t14-/m1/s1. The molecule has 144 valence electrons. The summed E-state index contributed by atoms with van der Waals surface area (Å²) in [6.45, 7) is 3.56. The molecule has 26 heavy (non-hydrogen) atoms. The molecule has 2 aliphatic rings. The first-order valence-electron chi connectivity index (χ1n) is 9.01. The molecule has 0 aromatic heterocycles. The first-order chi connectivity index (χ1) is 12.4. The lowest BCUT2D eigenvalue weighted by molar-refractivity contribution is -0.105. The zero-order valence-corrected chi connectivity index (χ0v) is 15.4. The SMILES string of the molecule is O=C(Nc1ccccc1SCC(F)(F)F)N1CCC[C@@H](N2CCCC2)C1. The molecule has 2 fully saturated rings. The Kier molecular flexibility index (Phi) is 6.34. The van der Waals surface area contributed by atoms with Crippen LogP contribution in [0, 0.1) is 0 Å². The van der Waals surface area contributed by atoms with Crippen LogP contribution in [0.1, 0.15) is 25.7 Å².